The van der Waals surface area contributed by atoms with Crippen molar-refractivity contribution in [2.24, 2.45) is 0 Å². The fourth-order valence-corrected chi connectivity index (χ4v) is 2.09. The normalized spacial score (nSPS) is 40.1. The average Bonchev–Trinajstić information content (AvgIpc) is 2.53. The monoisotopic (exact) mass is 202 g/mol. The number of aliphatic hydroxyl groups is 1. The van der Waals surface area contributed by atoms with Crippen LogP contribution in [0, 0.1) is 0 Å². The molecule has 2 aliphatic heterocycles. The molecule has 2 heterocycles. The molecule has 0 spiro atoms. The highest BCUT2D eigenvalue weighted by molar-refractivity contribution is 4.84. The van der Waals surface area contributed by atoms with E-state index in [0.29, 0.717) is 0 Å². The third-order valence-electron chi connectivity index (χ3n) is 2.64. The van der Waals surface area contributed by atoms with Crippen LogP contribution in [-0.2, 0) is 14.2 Å². The maximum atomic E-state index is 8.69. The van der Waals surface area contributed by atoms with Gasteiger partial charge in [0.05, 0.1) is 6.10 Å². The molecule has 0 aliphatic carbocycles. The molecule has 4 nitrogen and oxygen atoms in total. The number of ether oxygens (including phenoxy) is 3. The maximum absolute atomic E-state index is 8.69. The van der Waals surface area contributed by atoms with Crippen molar-refractivity contribution >= 4 is 0 Å². The van der Waals surface area contributed by atoms with Crippen LogP contribution in [0.25, 0.3) is 0 Å². The van der Waals surface area contributed by atoms with E-state index in [1.54, 1.807) is 0 Å². The van der Waals surface area contributed by atoms with E-state index >= 15 is 0 Å². The third kappa shape index (κ3) is 2.08. The number of fused-ring (bicyclic) bond motifs is 1. The van der Waals surface area contributed by atoms with Crippen LogP contribution in [-0.4, -0.2) is 36.0 Å². The summed E-state index contributed by atoms with van der Waals surface area (Å²) < 4.78 is 16.9. The number of hydrogen-bond acceptors (Lipinski definition) is 4. The first-order chi connectivity index (χ1) is 6.61. The van der Waals surface area contributed by atoms with Crippen molar-refractivity contribution in [3.63, 3.8) is 0 Å². The van der Waals surface area contributed by atoms with E-state index < -0.39 is 5.79 Å². The van der Waals surface area contributed by atoms with Crippen LogP contribution in [0.5, 0.6) is 0 Å². The van der Waals surface area contributed by atoms with E-state index in [1.807, 2.05) is 13.8 Å². The van der Waals surface area contributed by atoms with E-state index in [9.17, 15) is 0 Å². The molecule has 82 valence electrons. The lowest BCUT2D eigenvalue weighted by molar-refractivity contribution is -0.205. The highest BCUT2D eigenvalue weighted by Crippen LogP contribution is 2.37. The fourth-order valence-electron chi connectivity index (χ4n) is 2.09. The summed E-state index contributed by atoms with van der Waals surface area (Å²) in [6.07, 6.45) is 2.62. The van der Waals surface area contributed by atoms with Gasteiger partial charge in [0.1, 0.15) is 6.10 Å². The Morgan fingerprint density at radius 2 is 2.14 bits per heavy atom. The van der Waals surface area contributed by atoms with Gasteiger partial charge in [-0.15, -0.1) is 0 Å². The summed E-state index contributed by atoms with van der Waals surface area (Å²) in [4.78, 5) is 0. The summed E-state index contributed by atoms with van der Waals surface area (Å²) in [7, 11) is 0. The van der Waals surface area contributed by atoms with Gasteiger partial charge in [-0.25, -0.2) is 0 Å². The molecule has 2 rings (SSSR count). The first kappa shape index (κ1) is 10.4. The largest absolute Gasteiger partial charge is 0.396 e. The van der Waals surface area contributed by atoms with Crippen molar-refractivity contribution in [3.8, 4) is 0 Å². The lowest BCUT2D eigenvalue weighted by Crippen LogP contribution is -2.24. The molecule has 14 heavy (non-hydrogen) atoms. The zero-order valence-corrected chi connectivity index (χ0v) is 8.73. The predicted molar refractivity (Wildman–Crippen MR) is 49.6 cm³/mol. The summed E-state index contributed by atoms with van der Waals surface area (Å²) in [5.74, 6) is -0.503. The van der Waals surface area contributed by atoms with Gasteiger partial charge in [0.15, 0.2) is 12.1 Å². The van der Waals surface area contributed by atoms with Gasteiger partial charge in [0.25, 0.3) is 0 Å². The number of rotatable bonds is 3. The van der Waals surface area contributed by atoms with Crippen LogP contribution in [0.4, 0.5) is 0 Å². The Kier molecular flexibility index (Phi) is 2.79. The number of hydrogen-bond donors (Lipinski definition) is 1. The lowest BCUT2D eigenvalue weighted by atomic mass is 10.1. The Morgan fingerprint density at radius 3 is 2.79 bits per heavy atom. The molecule has 0 aromatic carbocycles. The van der Waals surface area contributed by atoms with Gasteiger partial charge in [-0.2, -0.15) is 0 Å². The topological polar surface area (TPSA) is 47.9 Å². The minimum Gasteiger partial charge on any atom is -0.396 e. The Labute approximate surface area is 84.1 Å². The van der Waals surface area contributed by atoms with Crippen LogP contribution >= 0.6 is 0 Å². The standard InChI is InChI=1S/C10H18O4/c1-10(2)13-8-6-7(4-3-5-11)12-9(8)14-10/h7-9,11H,3-6H2,1-2H3/t7-,8+,9+/m0/s1. The van der Waals surface area contributed by atoms with Crippen molar-refractivity contribution in [1.29, 1.82) is 0 Å². The molecule has 0 aromatic heterocycles. The zero-order chi connectivity index (χ0) is 10.2. The second kappa shape index (κ2) is 3.77. The van der Waals surface area contributed by atoms with Crippen molar-refractivity contribution < 1.29 is 19.3 Å². The Hall–Kier alpha value is -0.160. The molecule has 4 heteroatoms. The van der Waals surface area contributed by atoms with Crippen LogP contribution < -0.4 is 0 Å². The van der Waals surface area contributed by atoms with Gasteiger partial charge in [0.2, 0.25) is 0 Å². The van der Waals surface area contributed by atoms with Crippen LogP contribution in [0.2, 0.25) is 0 Å². The van der Waals surface area contributed by atoms with E-state index in [2.05, 4.69) is 0 Å². The van der Waals surface area contributed by atoms with E-state index in [-0.39, 0.29) is 25.1 Å². The molecule has 0 saturated carbocycles. The van der Waals surface area contributed by atoms with Crippen molar-refractivity contribution in [3.05, 3.63) is 0 Å². The summed E-state index contributed by atoms with van der Waals surface area (Å²) in [5.41, 5.74) is 0. The Bertz CT molecular complexity index is 188. The molecular formula is C10H18O4. The van der Waals surface area contributed by atoms with Crippen molar-refractivity contribution in [1.82, 2.24) is 0 Å². The van der Waals surface area contributed by atoms with Gasteiger partial charge >= 0.3 is 0 Å². The maximum Gasteiger partial charge on any atom is 0.187 e. The molecule has 3 atom stereocenters. The molecule has 2 aliphatic rings. The summed E-state index contributed by atoms with van der Waals surface area (Å²) in [6.45, 7) is 4.03. The van der Waals surface area contributed by atoms with Crippen LogP contribution in [0.15, 0.2) is 0 Å². The first-order valence-corrected chi connectivity index (χ1v) is 5.23. The van der Waals surface area contributed by atoms with Crippen LogP contribution in [0.3, 0.4) is 0 Å². The van der Waals surface area contributed by atoms with Gasteiger partial charge in [0, 0.05) is 13.0 Å². The molecule has 0 unspecified atom stereocenters. The summed E-state index contributed by atoms with van der Waals surface area (Å²) in [5, 5.41) is 8.69. The second-order valence-corrected chi connectivity index (χ2v) is 4.40. The third-order valence-corrected chi connectivity index (χ3v) is 2.64. The predicted octanol–water partition coefficient (Wildman–Crippen LogP) is 1.03. The molecule has 2 saturated heterocycles. The molecular weight excluding hydrogens is 184 g/mol. The highest BCUT2D eigenvalue weighted by atomic mass is 16.8. The zero-order valence-electron chi connectivity index (χ0n) is 8.73. The first-order valence-electron chi connectivity index (χ1n) is 5.23. The average molecular weight is 202 g/mol. The second-order valence-electron chi connectivity index (χ2n) is 4.40. The summed E-state index contributed by atoms with van der Waals surface area (Å²) >= 11 is 0. The molecule has 0 bridgehead atoms. The van der Waals surface area contributed by atoms with Gasteiger partial charge in [-0.05, 0) is 26.7 Å². The van der Waals surface area contributed by atoms with E-state index in [0.717, 1.165) is 19.3 Å². The van der Waals surface area contributed by atoms with Crippen LogP contribution in [0.1, 0.15) is 33.1 Å². The molecule has 0 radical (unpaired) electrons. The minimum absolute atomic E-state index is 0.0775. The fraction of sp³-hybridized carbons (Fsp3) is 1.00. The minimum atomic E-state index is -0.503. The van der Waals surface area contributed by atoms with Crippen molar-refractivity contribution in [2.45, 2.75) is 57.4 Å². The Morgan fingerprint density at radius 1 is 1.36 bits per heavy atom. The SMILES string of the molecule is CC1(C)O[C@H]2O[C@@H](CCCO)C[C@H]2O1. The van der Waals surface area contributed by atoms with Gasteiger partial charge in [-0.1, -0.05) is 0 Å². The van der Waals surface area contributed by atoms with Gasteiger partial charge in [-0.3, -0.25) is 0 Å². The molecule has 0 amide bonds. The van der Waals surface area contributed by atoms with E-state index in [4.69, 9.17) is 19.3 Å². The van der Waals surface area contributed by atoms with Crippen molar-refractivity contribution in [2.75, 3.05) is 6.61 Å². The van der Waals surface area contributed by atoms with E-state index in [1.165, 1.54) is 0 Å². The Balaban J connectivity index is 1.81. The smallest absolute Gasteiger partial charge is 0.187 e. The summed E-state index contributed by atoms with van der Waals surface area (Å²) in [6, 6.07) is 0. The molecule has 1 N–H and O–H groups in total. The quantitative estimate of drug-likeness (QED) is 0.742. The lowest BCUT2D eigenvalue weighted by Gasteiger charge is -2.20. The number of aliphatic hydroxyl groups excluding tert-OH is 1. The molecule has 0 aromatic rings. The molecule has 2 fully saturated rings. The van der Waals surface area contributed by atoms with Gasteiger partial charge < -0.3 is 19.3 Å². The highest BCUT2D eigenvalue weighted by Gasteiger charge is 2.48.